The van der Waals surface area contributed by atoms with Crippen LogP contribution in [-0.4, -0.2) is 0 Å². The van der Waals surface area contributed by atoms with Crippen LogP contribution in [0.3, 0.4) is 0 Å². The van der Waals surface area contributed by atoms with E-state index in [9.17, 15) is 0 Å². The molecule has 2 nitrogen and oxygen atoms in total. The van der Waals surface area contributed by atoms with Crippen molar-refractivity contribution in [3.05, 3.63) is 0 Å². The van der Waals surface area contributed by atoms with Gasteiger partial charge in [-0.1, -0.05) is 0 Å². The molecular weight excluding hydrogens is 155 g/mol. The van der Waals surface area contributed by atoms with Gasteiger partial charge in [-0.05, 0) is 0 Å². The van der Waals surface area contributed by atoms with E-state index in [-0.39, 0.29) is 39.4 Å². The number of rotatable bonds is 0. The SMILES string of the molecule is [Ag+].[F-].[N].[N]. The number of halogens is 1. The molecule has 0 saturated carbocycles. The van der Waals surface area contributed by atoms with Crippen molar-refractivity contribution < 1.29 is 27.1 Å². The smallest absolute Gasteiger partial charge is 1.00 e. The molecule has 0 bridgehead atoms. The molecule has 0 aromatic heterocycles. The van der Waals surface area contributed by atoms with Crippen molar-refractivity contribution in [2.24, 2.45) is 0 Å². The fraction of sp³-hybridized carbons (Fsp3) is 0. The summed E-state index contributed by atoms with van der Waals surface area (Å²) in [5, 5.41) is 0. The molecular formula is AgFN2. The molecule has 0 amide bonds. The van der Waals surface area contributed by atoms with E-state index in [1.165, 1.54) is 0 Å². The van der Waals surface area contributed by atoms with E-state index in [4.69, 9.17) is 0 Å². The second-order valence-corrected chi connectivity index (χ2v) is 0. The Morgan fingerprint density at radius 3 is 0.750 bits per heavy atom. The molecule has 0 saturated heterocycles. The van der Waals surface area contributed by atoms with Gasteiger partial charge in [0.25, 0.3) is 0 Å². The van der Waals surface area contributed by atoms with Crippen LogP contribution in [0, 0.1) is 0 Å². The second kappa shape index (κ2) is 69.1. The monoisotopic (exact) mass is 154 g/mol. The molecule has 0 rings (SSSR count). The van der Waals surface area contributed by atoms with Gasteiger partial charge in [-0.15, -0.1) is 0 Å². The third-order valence-corrected chi connectivity index (χ3v) is 0. The van der Waals surface area contributed by atoms with Crippen molar-refractivity contribution in [1.29, 1.82) is 0 Å². The summed E-state index contributed by atoms with van der Waals surface area (Å²) in [6.45, 7) is 0. The third-order valence-electron chi connectivity index (χ3n) is 0. The van der Waals surface area contributed by atoms with E-state index in [1.54, 1.807) is 0 Å². The Labute approximate surface area is 40.0 Å². The number of nitrogens with zero attached hydrogens (tertiary/aromatic N) is 2. The molecule has 0 aromatic carbocycles. The molecule has 4 heteroatoms. The molecule has 0 unspecified atom stereocenters. The van der Waals surface area contributed by atoms with E-state index in [0.29, 0.717) is 0 Å². The Balaban J connectivity index is 0. The third kappa shape index (κ3) is 18.8. The summed E-state index contributed by atoms with van der Waals surface area (Å²) in [5.74, 6) is 0. The maximum atomic E-state index is 0. The molecule has 0 heterocycles. The Bertz CT molecular complexity index is 6.00. The molecule has 0 atom stereocenters. The zero-order valence-electron chi connectivity index (χ0n) is 1.57. The van der Waals surface area contributed by atoms with Gasteiger partial charge in [-0.25, -0.2) is 0 Å². The molecule has 0 spiro atoms. The van der Waals surface area contributed by atoms with Crippen molar-refractivity contribution in [2.75, 3.05) is 0 Å². The summed E-state index contributed by atoms with van der Waals surface area (Å²) in [4.78, 5) is 0. The van der Waals surface area contributed by atoms with Gasteiger partial charge in [0.2, 0.25) is 0 Å². The first-order chi connectivity index (χ1) is 0. The molecule has 4 heavy (non-hydrogen) atoms. The molecule has 28 valence electrons. The van der Waals surface area contributed by atoms with Crippen LogP contribution in [0.15, 0.2) is 0 Å². The standard InChI is InChI=1S/Ag.FH.2N/h;1H;;/q+1;;;/p-1. The Morgan fingerprint density at radius 2 is 0.750 bits per heavy atom. The second-order valence-electron chi connectivity index (χ2n) is 0. The fourth-order valence-corrected chi connectivity index (χ4v) is 0. The topological polar surface area (TPSA) is 61.0 Å². The van der Waals surface area contributed by atoms with Gasteiger partial charge in [0.1, 0.15) is 0 Å². The van der Waals surface area contributed by atoms with Crippen molar-refractivity contribution in [3.63, 3.8) is 0 Å². The Morgan fingerprint density at radius 1 is 0.750 bits per heavy atom. The van der Waals surface area contributed by atoms with E-state index in [1.807, 2.05) is 0 Å². The van der Waals surface area contributed by atoms with E-state index < -0.39 is 0 Å². The predicted octanol–water partition coefficient (Wildman–Crippen LogP) is -3.96. The summed E-state index contributed by atoms with van der Waals surface area (Å²) in [6.07, 6.45) is 0. The maximum Gasteiger partial charge on any atom is 1.00 e. The normalized spacial score (nSPS) is 0. The van der Waals surface area contributed by atoms with Gasteiger partial charge in [0.15, 0.2) is 0 Å². The van der Waals surface area contributed by atoms with Gasteiger partial charge in [0.05, 0.1) is 0 Å². The molecule has 0 N–H and O–H groups in total. The largest absolute Gasteiger partial charge is 1.00 e. The first kappa shape index (κ1) is 170. The summed E-state index contributed by atoms with van der Waals surface area (Å²) < 4.78 is 0. The van der Waals surface area contributed by atoms with E-state index >= 15 is 0 Å². The average Bonchev–Trinajstić information content (AvgIpc) is 0. The number of hydrogen-bond acceptors (Lipinski definition) is 0. The minimum absolute atomic E-state index is 0. The van der Waals surface area contributed by atoms with Crippen LogP contribution in [0.2, 0.25) is 0 Å². The first-order valence-electron chi connectivity index (χ1n) is 0. The van der Waals surface area contributed by atoms with Crippen LogP contribution in [0.4, 0.5) is 0 Å². The van der Waals surface area contributed by atoms with Crippen molar-refractivity contribution >= 4 is 0 Å². The van der Waals surface area contributed by atoms with Crippen LogP contribution < -0.4 is 17.0 Å². The molecule has 0 aromatic rings. The summed E-state index contributed by atoms with van der Waals surface area (Å²) in [5.41, 5.74) is 0. The minimum atomic E-state index is 0. The summed E-state index contributed by atoms with van der Waals surface area (Å²) >= 11 is 0. The summed E-state index contributed by atoms with van der Waals surface area (Å²) in [7, 11) is 0. The number of hydrogen-bond donors (Lipinski definition) is 0. The first-order valence-corrected chi connectivity index (χ1v) is 0. The van der Waals surface area contributed by atoms with Gasteiger partial charge in [-0.2, -0.15) is 0 Å². The molecule has 6 radical (unpaired) electrons. The van der Waals surface area contributed by atoms with E-state index in [2.05, 4.69) is 0 Å². The van der Waals surface area contributed by atoms with Crippen LogP contribution in [-0.2, 0) is 22.4 Å². The minimum Gasteiger partial charge on any atom is -1.00 e. The van der Waals surface area contributed by atoms with E-state index in [0.717, 1.165) is 0 Å². The fourth-order valence-electron chi connectivity index (χ4n) is 0. The predicted molar refractivity (Wildman–Crippen MR) is 4.27 cm³/mol. The maximum absolute atomic E-state index is 0. The Kier molecular flexibility index (Phi) is 2940. The molecule has 0 aliphatic heterocycles. The van der Waals surface area contributed by atoms with Crippen LogP contribution in [0.5, 0.6) is 0 Å². The van der Waals surface area contributed by atoms with Gasteiger partial charge < -0.3 is 4.70 Å². The molecule has 0 fully saturated rings. The van der Waals surface area contributed by atoms with Crippen LogP contribution in [0.25, 0.3) is 0 Å². The van der Waals surface area contributed by atoms with Crippen molar-refractivity contribution in [3.8, 4) is 0 Å². The quantitative estimate of drug-likeness (QED) is 0.320. The van der Waals surface area contributed by atoms with Crippen molar-refractivity contribution in [1.82, 2.24) is 12.3 Å². The Hall–Kier alpha value is 0.590. The molecule has 0 aliphatic rings. The summed E-state index contributed by atoms with van der Waals surface area (Å²) in [6, 6.07) is 0. The zero-order chi connectivity index (χ0) is 0. The zero-order valence-corrected chi connectivity index (χ0v) is 3.06. The van der Waals surface area contributed by atoms with Gasteiger partial charge >= 0.3 is 22.4 Å². The van der Waals surface area contributed by atoms with Crippen LogP contribution in [0.1, 0.15) is 0 Å². The van der Waals surface area contributed by atoms with Crippen molar-refractivity contribution in [2.45, 2.75) is 0 Å². The average molecular weight is 155 g/mol. The molecule has 0 aliphatic carbocycles. The van der Waals surface area contributed by atoms with Gasteiger partial charge in [0, 0.05) is 12.3 Å². The van der Waals surface area contributed by atoms with Crippen LogP contribution >= 0.6 is 0 Å². The van der Waals surface area contributed by atoms with Gasteiger partial charge in [-0.3, -0.25) is 0 Å².